The second-order valence-corrected chi connectivity index (χ2v) is 6.30. The van der Waals surface area contributed by atoms with E-state index in [1.807, 2.05) is 43.0 Å². The van der Waals surface area contributed by atoms with E-state index in [-0.39, 0.29) is 18.4 Å². The summed E-state index contributed by atoms with van der Waals surface area (Å²) in [7, 11) is 1.53. The van der Waals surface area contributed by atoms with Gasteiger partial charge in [-0.25, -0.2) is 15.0 Å². The van der Waals surface area contributed by atoms with Gasteiger partial charge < -0.3 is 15.0 Å². The monoisotopic (exact) mass is 341 g/mol. The van der Waals surface area contributed by atoms with E-state index in [1.54, 1.807) is 0 Å². The summed E-state index contributed by atoms with van der Waals surface area (Å²) >= 11 is 0. The molecule has 1 N–H and O–H groups in total. The van der Waals surface area contributed by atoms with Crippen LogP contribution in [-0.4, -0.2) is 52.6 Å². The molecule has 0 spiro atoms. The van der Waals surface area contributed by atoms with Crippen molar-refractivity contribution in [2.24, 2.45) is 0 Å². The molecule has 0 bridgehead atoms. The molecule has 1 fully saturated rings. The standard InChI is InChI=1S/C18H23N5O2/c1-12-5-4-6-15(19-12)21-16-9-13(2)20-18(22-16)14-7-8-23(10-14)17(24)11-25-3/h4-6,9,14H,7-8,10-11H2,1-3H3,(H,19,20,21,22)/t14-/m1/s1. The largest absolute Gasteiger partial charge is 0.375 e. The van der Waals surface area contributed by atoms with Crippen LogP contribution in [0.3, 0.4) is 0 Å². The van der Waals surface area contributed by atoms with Crippen molar-refractivity contribution in [3.63, 3.8) is 0 Å². The van der Waals surface area contributed by atoms with Crippen LogP contribution in [-0.2, 0) is 9.53 Å². The number of methoxy groups -OCH3 is 1. The van der Waals surface area contributed by atoms with Crippen molar-refractivity contribution in [2.45, 2.75) is 26.2 Å². The zero-order chi connectivity index (χ0) is 17.8. The molecule has 7 heteroatoms. The molecule has 3 rings (SSSR count). The molecule has 7 nitrogen and oxygen atoms in total. The number of ether oxygens (including phenoxy) is 1. The van der Waals surface area contributed by atoms with Crippen molar-refractivity contribution in [3.8, 4) is 0 Å². The second kappa shape index (κ2) is 7.57. The highest BCUT2D eigenvalue weighted by atomic mass is 16.5. The summed E-state index contributed by atoms with van der Waals surface area (Å²) < 4.78 is 4.93. The lowest BCUT2D eigenvalue weighted by molar-refractivity contribution is -0.134. The molecule has 0 saturated carbocycles. The highest BCUT2D eigenvalue weighted by Gasteiger charge is 2.29. The van der Waals surface area contributed by atoms with Crippen molar-refractivity contribution < 1.29 is 9.53 Å². The first kappa shape index (κ1) is 17.3. The number of carbonyl (C=O) groups excluding carboxylic acids is 1. The number of hydrogen-bond donors (Lipinski definition) is 1. The molecular formula is C18H23N5O2. The second-order valence-electron chi connectivity index (χ2n) is 6.30. The van der Waals surface area contributed by atoms with Crippen molar-refractivity contribution in [2.75, 3.05) is 32.1 Å². The predicted octanol–water partition coefficient (Wildman–Crippen LogP) is 2.19. The highest BCUT2D eigenvalue weighted by Crippen LogP contribution is 2.26. The van der Waals surface area contributed by atoms with E-state index in [0.29, 0.717) is 13.1 Å². The molecular weight excluding hydrogens is 318 g/mol. The zero-order valence-corrected chi connectivity index (χ0v) is 14.8. The van der Waals surface area contributed by atoms with Gasteiger partial charge in [0.2, 0.25) is 5.91 Å². The molecule has 25 heavy (non-hydrogen) atoms. The van der Waals surface area contributed by atoms with Crippen molar-refractivity contribution in [1.82, 2.24) is 19.9 Å². The number of amides is 1. The lowest BCUT2D eigenvalue weighted by atomic mass is 10.1. The van der Waals surface area contributed by atoms with Gasteiger partial charge in [0.05, 0.1) is 0 Å². The Bertz CT molecular complexity index is 765. The number of aromatic nitrogens is 3. The van der Waals surface area contributed by atoms with Crippen LogP contribution in [0.1, 0.15) is 29.6 Å². The fraction of sp³-hybridized carbons (Fsp3) is 0.444. The Morgan fingerprint density at radius 3 is 2.84 bits per heavy atom. The zero-order valence-electron chi connectivity index (χ0n) is 14.8. The fourth-order valence-corrected chi connectivity index (χ4v) is 2.99. The molecule has 1 atom stereocenters. The van der Waals surface area contributed by atoms with Gasteiger partial charge in [0.1, 0.15) is 24.1 Å². The number of pyridine rings is 1. The van der Waals surface area contributed by atoms with Crippen LogP contribution in [0.4, 0.5) is 11.6 Å². The number of aryl methyl sites for hydroxylation is 2. The predicted molar refractivity (Wildman–Crippen MR) is 94.8 cm³/mol. The molecule has 0 radical (unpaired) electrons. The normalized spacial score (nSPS) is 16.9. The Kier molecular flexibility index (Phi) is 5.23. The smallest absolute Gasteiger partial charge is 0.248 e. The molecule has 2 aromatic rings. The molecule has 1 amide bonds. The van der Waals surface area contributed by atoms with E-state index < -0.39 is 0 Å². The Morgan fingerprint density at radius 1 is 1.24 bits per heavy atom. The van der Waals surface area contributed by atoms with E-state index >= 15 is 0 Å². The molecule has 1 aliphatic heterocycles. The molecule has 2 aromatic heterocycles. The van der Waals surface area contributed by atoms with E-state index in [2.05, 4.69) is 20.3 Å². The van der Waals surface area contributed by atoms with Gasteiger partial charge in [-0.2, -0.15) is 0 Å². The van der Waals surface area contributed by atoms with Crippen LogP contribution in [0.2, 0.25) is 0 Å². The van der Waals surface area contributed by atoms with E-state index in [1.165, 1.54) is 7.11 Å². The molecule has 1 saturated heterocycles. The third-order valence-electron chi connectivity index (χ3n) is 4.19. The van der Waals surface area contributed by atoms with Gasteiger partial charge in [0.25, 0.3) is 0 Å². The molecule has 3 heterocycles. The first-order chi connectivity index (χ1) is 12.0. The third-order valence-corrected chi connectivity index (χ3v) is 4.19. The van der Waals surface area contributed by atoms with Crippen LogP contribution in [0.25, 0.3) is 0 Å². The molecule has 0 unspecified atom stereocenters. The summed E-state index contributed by atoms with van der Waals surface area (Å²) in [5, 5.41) is 3.24. The lowest BCUT2D eigenvalue weighted by Crippen LogP contribution is -2.31. The number of anilines is 2. The minimum atomic E-state index is 0.0139. The Morgan fingerprint density at radius 2 is 2.08 bits per heavy atom. The van der Waals surface area contributed by atoms with Crippen molar-refractivity contribution >= 4 is 17.5 Å². The maximum atomic E-state index is 12.0. The molecule has 132 valence electrons. The number of carbonyl (C=O) groups is 1. The molecule has 0 aromatic carbocycles. The first-order valence-corrected chi connectivity index (χ1v) is 8.38. The number of nitrogens with zero attached hydrogens (tertiary/aromatic N) is 4. The SMILES string of the molecule is COCC(=O)N1CC[C@@H](c2nc(C)cc(Nc3cccc(C)n3)n2)C1. The van der Waals surface area contributed by atoms with Gasteiger partial charge in [-0.15, -0.1) is 0 Å². The Hall–Kier alpha value is -2.54. The number of hydrogen-bond acceptors (Lipinski definition) is 6. The third kappa shape index (κ3) is 4.30. The van der Waals surface area contributed by atoms with Gasteiger partial charge in [-0.1, -0.05) is 6.07 Å². The Labute approximate surface area is 147 Å². The fourth-order valence-electron chi connectivity index (χ4n) is 2.99. The van der Waals surface area contributed by atoms with Crippen LogP contribution in [0.5, 0.6) is 0 Å². The van der Waals surface area contributed by atoms with Gasteiger partial charge >= 0.3 is 0 Å². The summed E-state index contributed by atoms with van der Waals surface area (Å²) in [5.41, 5.74) is 1.83. The number of likely N-dealkylation sites (tertiary alicyclic amines) is 1. The Balaban J connectivity index is 1.75. The van der Waals surface area contributed by atoms with Crippen LogP contribution in [0.15, 0.2) is 24.3 Å². The van der Waals surface area contributed by atoms with Crippen molar-refractivity contribution in [1.29, 1.82) is 0 Å². The van der Waals surface area contributed by atoms with Gasteiger partial charge in [-0.05, 0) is 32.4 Å². The molecule has 0 aliphatic carbocycles. The lowest BCUT2D eigenvalue weighted by Gasteiger charge is -2.16. The van der Waals surface area contributed by atoms with Crippen LogP contribution >= 0.6 is 0 Å². The average Bonchev–Trinajstić information content (AvgIpc) is 3.05. The minimum absolute atomic E-state index is 0.0139. The summed E-state index contributed by atoms with van der Waals surface area (Å²) in [6.45, 7) is 5.36. The summed E-state index contributed by atoms with van der Waals surface area (Å²) in [4.78, 5) is 27.4. The van der Waals surface area contributed by atoms with E-state index in [4.69, 9.17) is 4.74 Å². The minimum Gasteiger partial charge on any atom is -0.375 e. The quantitative estimate of drug-likeness (QED) is 0.898. The molecule has 1 aliphatic rings. The van der Waals surface area contributed by atoms with Gasteiger partial charge in [0.15, 0.2) is 0 Å². The number of rotatable bonds is 5. The van der Waals surface area contributed by atoms with E-state index in [0.717, 1.165) is 35.3 Å². The van der Waals surface area contributed by atoms with Crippen LogP contribution in [0, 0.1) is 13.8 Å². The first-order valence-electron chi connectivity index (χ1n) is 8.38. The maximum absolute atomic E-state index is 12.0. The highest BCUT2D eigenvalue weighted by molar-refractivity contribution is 5.77. The van der Waals surface area contributed by atoms with Gasteiger partial charge in [-0.3, -0.25) is 4.79 Å². The van der Waals surface area contributed by atoms with E-state index in [9.17, 15) is 4.79 Å². The topological polar surface area (TPSA) is 80.2 Å². The summed E-state index contributed by atoms with van der Waals surface area (Å²) in [5.74, 6) is 2.41. The summed E-state index contributed by atoms with van der Waals surface area (Å²) in [6.07, 6.45) is 0.862. The van der Waals surface area contributed by atoms with Gasteiger partial charge in [0, 0.05) is 43.6 Å². The maximum Gasteiger partial charge on any atom is 0.248 e. The summed E-state index contributed by atoms with van der Waals surface area (Å²) in [6, 6.07) is 7.71. The van der Waals surface area contributed by atoms with Crippen molar-refractivity contribution in [3.05, 3.63) is 41.5 Å². The number of nitrogens with one attached hydrogen (secondary N) is 1. The van der Waals surface area contributed by atoms with Crippen LogP contribution < -0.4 is 5.32 Å². The average molecular weight is 341 g/mol.